The molecule has 0 aromatic carbocycles. The highest BCUT2D eigenvalue weighted by Crippen LogP contribution is 2.18. The minimum absolute atomic E-state index is 0.0510. The molecule has 0 heterocycles. The molecule has 0 spiro atoms. The molecule has 0 saturated heterocycles. The number of aliphatic hydroxyl groups is 2. The Labute approximate surface area is 416 Å². The summed E-state index contributed by atoms with van der Waals surface area (Å²) in [6.07, 6.45) is 68.5. The zero-order valence-electron chi connectivity index (χ0n) is 44.5. The van der Waals surface area contributed by atoms with E-state index in [1.807, 2.05) is 30.4 Å². The Hall–Kier alpha value is -2.44. The fourth-order valence-corrected chi connectivity index (χ4v) is 8.82. The number of aliphatic hydroxyl groups excluding tert-OH is 2. The predicted octanol–water partition coefficient (Wildman–Crippen LogP) is 18.0. The van der Waals surface area contributed by atoms with Crippen LogP contribution in [0.25, 0.3) is 0 Å². The van der Waals surface area contributed by atoms with Gasteiger partial charge in [-0.25, -0.2) is 0 Å². The van der Waals surface area contributed by atoms with Crippen molar-refractivity contribution in [3.8, 4) is 0 Å². The van der Waals surface area contributed by atoms with E-state index in [9.17, 15) is 19.8 Å². The summed E-state index contributed by atoms with van der Waals surface area (Å²) in [5.41, 5.74) is 0. The Morgan fingerprint density at radius 2 is 0.791 bits per heavy atom. The van der Waals surface area contributed by atoms with Crippen molar-refractivity contribution in [1.82, 2.24) is 5.32 Å². The molecule has 6 heteroatoms. The van der Waals surface area contributed by atoms with Gasteiger partial charge in [-0.05, 0) is 44.9 Å². The average Bonchev–Trinajstić information content (AvgIpc) is 3.32. The molecule has 0 aliphatic carbocycles. The zero-order valence-corrected chi connectivity index (χ0v) is 44.5. The Bertz CT molecular complexity index is 1190. The van der Waals surface area contributed by atoms with Crippen LogP contribution in [0.4, 0.5) is 0 Å². The highest BCUT2D eigenvalue weighted by atomic mass is 16.5. The molecule has 3 unspecified atom stereocenters. The molecule has 3 N–H and O–H groups in total. The SMILES string of the molecule is CCC/C=C/C=C/C=C/C=C/C=C/CCCCCC(CC(=O)NC(CO)C(O)CCCCCCCCCCCCCCCCC)OC(=O)CCCCCCCCCCCCCCCCCCC. The van der Waals surface area contributed by atoms with Crippen molar-refractivity contribution in [2.45, 2.75) is 309 Å². The number of esters is 1. The second kappa shape index (κ2) is 54.5. The lowest BCUT2D eigenvalue weighted by Crippen LogP contribution is -2.46. The molecule has 0 aliphatic heterocycles. The standard InChI is InChI=1S/C61H111NO5/c1-4-7-10-13-16-19-22-25-28-30-33-36-39-42-45-48-51-54-61(66)67-57(52-49-46-43-40-37-34-32-29-26-23-20-17-14-11-8-5-2)55-60(65)62-58(56-63)59(64)53-50-47-44-41-38-35-31-27-24-21-18-15-12-9-6-3/h11,14,17,20,23,26,29,32,34,37,57-59,63-64H,4-10,12-13,15-16,18-19,21-22,24-25,27-28,30-31,33,35-36,38-56H2,1-3H3,(H,62,65)/b14-11+,20-17+,26-23+,32-29+,37-34+. The van der Waals surface area contributed by atoms with Crippen LogP contribution in [0.5, 0.6) is 0 Å². The molecule has 0 bridgehead atoms. The van der Waals surface area contributed by atoms with Gasteiger partial charge in [-0.3, -0.25) is 9.59 Å². The van der Waals surface area contributed by atoms with E-state index in [2.05, 4.69) is 56.5 Å². The van der Waals surface area contributed by atoms with Gasteiger partial charge >= 0.3 is 5.97 Å². The number of allylic oxidation sites excluding steroid dienone is 10. The van der Waals surface area contributed by atoms with Crippen LogP contribution < -0.4 is 5.32 Å². The average molecular weight is 939 g/mol. The first-order valence-electron chi connectivity index (χ1n) is 29.1. The lowest BCUT2D eigenvalue weighted by Gasteiger charge is -2.24. The number of amides is 1. The van der Waals surface area contributed by atoms with Crippen LogP contribution in [0, 0.1) is 0 Å². The van der Waals surface area contributed by atoms with E-state index in [-0.39, 0.29) is 24.9 Å². The van der Waals surface area contributed by atoms with Crippen LogP contribution in [0.3, 0.4) is 0 Å². The molecule has 0 aromatic heterocycles. The van der Waals surface area contributed by atoms with Crippen LogP contribution >= 0.6 is 0 Å². The fourth-order valence-electron chi connectivity index (χ4n) is 8.82. The molecule has 0 rings (SSSR count). The summed E-state index contributed by atoms with van der Waals surface area (Å²) in [5.74, 6) is -0.504. The summed E-state index contributed by atoms with van der Waals surface area (Å²) in [4.78, 5) is 26.3. The molecule has 0 aromatic rings. The van der Waals surface area contributed by atoms with Gasteiger partial charge in [0, 0.05) is 6.42 Å². The summed E-state index contributed by atoms with van der Waals surface area (Å²) in [5, 5.41) is 23.9. The van der Waals surface area contributed by atoms with Gasteiger partial charge in [-0.15, -0.1) is 0 Å². The maximum absolute atomic E-state index is 13.3. The number of ether oxygens (including phenoxy) is 1. The number of unbranched alkanes of at least 4 members (excludes halogenated alkanes) is 34. The van der Waals surface area contributed by atoms with Gasteiger partial charge in [0.25, 0.3) is 0 Å². The maximum Gasteiger partial charge on any atom is 0.306 e. The van der Waals surface area contributed by atoms with E-state index in [4.69, 9.17) is 4.74 Å². The third-order valence-corrected chi connectivity index (χ3v) is 13.2. The van der Waals surface area contributed by atoms with Gasteiger partial charge in [0.1, 0.15) is 6.10 Å². The van der Waals surface area contributed by atoms with Crippen LogP contribution in [0.2, 0.25) is 0 Å². The van der Waals surface area contributed by atoms with Crippen molar-refractivity contribution in [1.29, 1.82) is 0 Å². The lowest BCUT2D eigenvalue weighted by molar-refractivity contribution is -0.151. The van der Waals surface area contributed by atoms with Crippen LogP contribution in [0.15, 0.2) is 60.8 Å². The van der Waals surface area contributed by atoms with E-state index in [0.717, 1.165) is 70.6 Å². The third kappa shape index (κ3) is 49.8. The van der Waals surface area contributed by atoms with E-state index in [1.54, 1.807) is 0 Å². The normalized spacial score (nSPS) is 13.6. The summed E-state index contributed by atoms with van der Waals surface area (Å²) in [7, 11) is 0. The topological polar surface area (TPSA) is 95.9 Å². The van der Waals surface area contributed by atoms with Crippen molar-refractivity contribution >= 4 is 11.9 Å². The van der Waals surface area contributed by atoms with Gasteiger partial charge in [0.2, 0.25) is 5.91 Å². The van der Waals surface area contributed by atoms with Gasteiger partial charge in [0.05, 0.1) is 25.2 Å². The number of hydrogen-bond donors (Lipinski definition) is 3. The Balaban J connectivity index is 4.61. The smallest absolute Gasteiger partial charge is 0.306 e. The number of carbonyl (C=O) groups excluding carboxylic acids is 2. The maximum atomic E-state index is 13.3. The van der Waals surface area contributed by atoms with Crippen LogP contribution in [-0.4, -0.2) is 46.9 Å². The molecule has 1 amide bonds. The quantitative estimate of drug-likeness (QED) is 0.0321. The molecule has 0 fully saturated rings. The number of nitrogens with one attached hydrogen (secondary N) is 1. The van der Waals surface area contributed by atoms with Crippen LogP contribution in [-0.2, 0) is 14.3 Å². The van der Waals surface area contributed by atoms with Gasteiger partial charge < -0.3 is 20.3 Å². The largest absolute Gasteiger partial charge is 0.462 e. The van der Waals surface area contributed by atoms with Gasteiger partial charge in [-0.2, -0.15) is 0 Å². The molecule has 0 aliphatic rings. The highest BCUT2D eigenvalue weighted by Gasteiger charge is 2.24. The molecule has 0 saturated carbocycles. The first kappa shape index (κ1) is 64.6. The Morgan fingerprint density at radius 1 is 0.433 bits per heavy atom. The molecule has 0 radical (unpaired) electrons. The van der Waals surface area contributed by atoms with Crippen molar-refractivity contribution in [3.05, 3.63) is 60.8 Å². The van der Waals surface area contributed by atoms with Crippen molar-refractivity contribution in [2.24, 2.45) is 0 Å². The van der Waals surface area contributed by atoms with Crippen molar-refractivity contribution in [2.75, 3.05) is 6.61 Å². The summed E-state index contributed by atoms with van der Waals surface area (Å²) < 4.78 is 5.95. The number of rotatable bonds is 52. The minimum atomic E-state index is -0.801. The molecular formula is C61H111NO5. The molecule has 67 heavy (non-hydrogen) atoms. The van der Waals surface area contributed by atoms with Crippen molar-refractivity contribution < 1.29 is 24.5 Å². The predicted molar refractivity (Wildman–Crippen MR) is 292 cm³/mol. The minimum Gasteiger partial charge on any atom is -0.462 e. The van der Waals surface area contributed by atoms with E-state index < -0.39 is 18.2 Å². The molecule has 3 atom stereocenters. The summed E-state index contributed by atoms with van der Waals surface area (Å²) in [6, 6.07) is -0.717. The third-order valence-electron chi connectivity index (χ3n) is 13.2. The zero-order chi connectivity index (χ0) is 48.8. The molecular weight excluding hydrogens is 827 g/mol. The molecule has 6 nitrogen and oxygen atoms in total. The highest BCUT2D eigenvalue weighted by molar-refractivity contribution is 5.77. The summed E-state index contributed by atoms with van der Waals surface area (Å²) >= 11 is 0. The molecule has 390 valence electrons. The number of hydrogen-bond acceptors (Lipinski definition) is 5. The van der Waals surface area contributed by atoms with E-state index in [0.29, 0.717) is 19.3 Å². The lowest BCUT2D eigenvalue weighted by atomic mass is 10.0. The van der Waals surface area contributed by atoms with E-state index >= 15 is 0 Å². The second-order valence-electron chi connectivity index (χ2n) is 19.8. The van der Waals surface area contributed by atoms with E-state index in [1.165, 1.54) is 173 Å². The van der Waals surface area contributed by atoms with Gasteiger partial charge in [-0.1, -0.05) is 293 Å². The van der Waals surface area contributed by atoms with Crippen molar-refractivity contribution in [3.63, 3.8) is 0 Å². The monoisotopic (exact) mass is 938 g/mol. The number of carbonyl (C=O) groups is 2. The van der Waals surface area contributed by atoms with Crippen LogP contribution in [0.1, 0.15) is 290 Å². The first-order valence-corrected chi connectivity index (χ1v) is 29.1. The fraction of sp³-hybridized carbons (Fsp3) is 0.803. The summed E-state index contributed by atoms with van der Waals surface area (Å²) in [6.45, 7) is 6.42. The Kier molecular flexibility index (Phi) is 52.5. The second-order valence-corrected chi connectivity index (χ2v) is 19.8. The Morgan fingerprint density at radius 3 is 1.21 bits per heavy atom. The van der Waals surface area contributed by atoms with Gasteiger partial charge in [0.15, 0.2) is 0 Å². The first-order chi connectivity index (χ1) is 33.0.